The highest BCUT2D eigenvalue weighted by atomic mass is 16.4. The predicted octanol–water partition coefficient (Wildman–Crippen LogP) is 3.79. The molecule has 1 saturated carbocycles. The van der Waals surface area contributed by atoms with Gasteiger partial charge in [0.15, 0.2) is 0 Å². The SMILES string of the molecule is Cc1cc(-c2nnco2)ccc1NC1CCCCC1. The normalized spacial score (nSPS) is 16.5. The first-order valence-electron chi connectivity index (χ1n) is 6.96. The number of aryl methyl sites for hydroxylation is 1. The number of nitrogens with one attached hydrogen (secondary N) is 1. The summed E-state index contributed by atoms with van der Waals surface area (Å²) in [6, 6.07) is 6.87. The molecule has 0 aliphatic heterocycles. The van der Waals surface area contributed by atoms with Gasteiger partial charge in [0, 0.05) is 17.3 Å². The molecule has 1 aromatic heterocycles. The third kappa shape index (κ3) is 2.78. The summed E-state index contributed by atoms with van der Waals surface area (Å²) in [5.74, 6) is 0.576. The van der Waals surface area contributed by atoms with Crippen LogP contribution in [-0.2, 0) is 0 Å². The van der Waals surface area contributed by atoms with E-state index in [1.54, 1.807) is 0 Å². The quantitative estimate of drug-likeness (QED) is 0.908. The van der Waals surface area contributed by atoms with Crippen LogP contribution in [-0.4, -0.2) is 16.2 Å². The third-order valence-corrected chi connectivity index (χ3v) is 3.80. The number of rotatable bonds is 3. The second kappa shape index (κ2) is 5.43. The van der Waals surface area contributed by atoms with Crippen LogP contribution < -0.4 is 5.32 Å². The van der Waals surface area contributed by atoms with E-state index < -0.39 is 0 Å². The van der Waals surface area contributed by atoms with Crippen molar-refractivity contribution >= 4 is 5.69 Å². The Morgan fingerprint density at radius 1 is 1.21 bits per heavy atom. The van der Waals surface area contributed by atoms with Gasteiger partial charge in [-0.25, -0.2) is 0 Å². The Labute approximate surface area is 113 Å². The van der Waals surface area contributed by atoms with E-state index >= 15 is 0 Å². The van der Waals surface area contributed by atoms with E-state index in [9.17, 15) is 0 Å². The minimum Gasteiger partial charge on any atom is -0.423 e. The molecule has 0 atom stereocenters. The highest BCUT2D eigenvalue weighted by Crippen LogP contribution is 2.26. The monoisotopic (exact) mass is 257 g/mol. The maximum Gasteiger partial charge on any atom is 0.247 e. The summed E-state index contributed by atoms with van der Waals surface area (Å²) < 4.78 is 5.22. The summed E-state index contributed by atoms with van der Waals surface area (Å²) in [6.07, 6.45) is 8.00. The molecule has 19 heavy (non-hydrogen) atoms. The topological polar surface area (TPSA) is 51.0 Å². The Morgan fingerprint density at radius 2 is 2.05 bits per heavy atom. The van der Waals surface area contributed by atoms with Gasteiger partial charge in [0.2, 0.25) is 12.3 Å². The van der Waals surface area contributed by atoms with Crippen molar-refractivity contribution < 1.29 is 4.42 Å². The first-order chi connectivity index (χ1) is 9.33. The average Bonchev–Trinajstić information content (AvgIpc) is 2.96. The Hall–Kier alpha value is -1.84. The van der Waals surface area contributed by atoms with E-state index in [-0.39, 0.29) is 0 Å². The fraction of sp³-hybridized carbons (Fsp3) is 0.467. The van der Waals surface area contributed by atoms with Crippen LogP contribution in [0.25, 0.3) is 11.5 Å². The van der Waals surface area contributed by atoms with E-state index in [4.69, 9.17) is 4.42 Å². The van der Waals surface area contributed by atoms with Crippen molar-refractivity contribution in [2.45, 2.75) is 45.1 Å². The lowest BCUT2D eigenvalue weighted by Crippen LogP contribution is -2.22. The van der Waals surface area contributed by atoms with E-state index in [1.807, 2.05) is 6.07 Å². The molecule has 2 aromatic rings. The molecular formula is C15H19N3O. The van der Waals surface area contributed by atoms with Crippen LogP contribution in [0.1, 0.15) is 37.7 Å². The summed E-state index contributed by atoms with van der Waals surface area (Å²) in [7, 11) is 0. The molecule has 0 unspecified atom stereocenters. The van der Waals surface area contributed by atoms with Crippen molar-refractivity contribution in [1.29, 1.82) is 0 Å². The third-order valence-electron chi connectivity index (χ3n) is 3.80. The number of aromatic nitrogens is 2. The summed E-state index contributed by atoms with van der Waals surface area (Å²) in [5.41, 5.74) is 3.42. The van der Waals surface area contributed by atoms with Gasteiger partial charge in [-0.3, -0.25) is 0 Å². The predicted molar refractivity (Wildman–Crippen MR) is 75.0 cm³/mol. The van der Waals surface area contributed by atoms with Gasteiger partial charge in [-0.05, 0) is 43.5 Å². The van der Waals surface area contributed by atoms with Crippen molar-refractivity contribution in [3.63, 3.8) is 0 Å². The molecule has 0 bridgehead atoms. The van der Waals surface area contributed by atoms with Gasteiger partial charge < -0.3 is 9.73 Å². The summed E-state index contributed by atoms with van der Waals surface area (Å²) in [5, 5.41) is 11.3. The van der Waals surface area contributed by atoms with Gasteiger partial charge in [0.1, 0.15) is 0 Å². The fourth-order valence-corrected chi connectivity index (χ4v) is 2.72. The van der Waals surface area contributed by atoms with Gasteiger partial charge in [0.25, 0.3) is 0 Å². The molecule has 1 aromatic carbocycles. The second-order valence-corrected chi connectivity index (χ2v) is 5.25. The molecule has 1 fully saturated rings. The lowest BCUT2D eigenvalue weighted by Gasteiger charge is -2.24. The summed E-state index contributed by atoms with van der Waals surface area (Å²) in [6.45, 7) is 2.12. The first kappa shape index (κ1) is 12.2. The van der Waals surface area contributed by atoms with Crippen molar-refractivity contribution in [1.82, 2.24) is 10.2 Å². The molecule has 3 rings (SSSR count). The molecule has 4 heteroatoms. The molecule has 0 radical (unpaired) electrons. The van der Waals surface area contributed by atoms with Crippen LogP contribution in [0, 0.1) is 6.92 Å². The first-order valence-corrected chi connectivity index (χ1v) is 6.96. The van der Waals surface area contributed by atoms with Crippen LogP contribution >= 0.6 is 0 Å². The highest BCUT2D eigenvalue weighted by Gasteiger charge is 2.14. The van der Waals surface area contributed by atoms with Crippen LogP contribution in [0.5, 0.6) is 0 Å². The van der Waals surface area contributed by atoms with Crippen molar-refractivity contribution in [2.75, 3.05) is 5.32 Å². The lowest BCUT2D eigenvalue weighted by atomic mass is 9.95. The zero-order valence-corrected chi connectivity index (χ0v) is 11.2. The number of hydrogen-bond donors (Lipinski definition) is 1. The van der Waals surface area contributed by atoms with Gasteiger partial charge >= 0.3 is 0 Å². The van der Waals surface area contributed by atoms with Crippen molar-refractivity contribution in [3.8, 4) is 11.5 Å². The van der Waals surface area contributed by atoms with E-state index in [2.05, 4.69) is 34.6 Å². The van der Waals surface area contributed by atoms with Crippen molar-refractivity contribution in [2.24, 2.45) is 0 Å². The maximum absolute atomic E-state index is 5.22. The Morgan fingerprint density at radius 3 is 2.74 bits per heavy atom. The van der Waals surface area contributed by atoms with E-state index in [0.717, 1.165) is 5.56 Å². The standard InChI is InChI=1S/C15H19N3O/c1-11-9-12(15-18-16-10-19-15)7-8-14(11)17-13-5-3-2-4-6-13/h7-10,13,17H,2-6H2,1H3. The molecule has 100 valence electrons. The van der Waals surface area contributed by atoms with Gasteiger partial charge in [0.05, 0.1) is 0 Å². The Kier molecular flexibility index (Phi) is 3.49. The highest BCUT2D eigenvalue weighted by molar-refractivity contribution is 5.62. The second-order valence-electron chi connectivity index (χ2n) is 5.25. The minimum atomic E-state index is 0.576. The molecule has 0 amide bonds. The maximum atomic E-state index is 5.22. The number of benzene rings is 1. The number of hydrogen-bond acceptors (Lipinski definition) is 4. The lowest BCUT2D eigenvalue weighted by molar-refractivity contribution is 0.462. The molecular weight excluding hydrogens is 238 g/mol. The molecule has 1 aliphatic carbocycles. The Balaban J connectivity index is 1.76. The van der Waals surface area contributed by atoms with Gasteiger partial charge in [-0.1, -0.05) is 19.3 Å². The number of nitrogens with zero attached hydrogens (tertiary/aromatic N) is 2. The smallest absolute Gasteiger partial charge is 0.247 e. The van der Waals surface area contributed by atoms with Crippen LogP contribution in [0.15, 0.2) is 29.0 Å². The summed E-state index contributed by atoms with van der Waals surface area (Å²) >= 11 is 0. The largest absolute Gasteiger partial charge is 0.423 e. The van der Waals surface area contributed by atoms with E-state index in [0.29, 0.717) is 11.9 Å². The molecule has 0 saturated heterocycles. The fourth-order valence-electron chi connectivity index (χ4n) is 2.72. The average molecular weight is 257 g/mol. The zero-order valence-electron chi connectivity index (χ0n) is 11.2. The Bertz CT molecular complexity index is 530. The molecule has 4 nitrogen and oxygen atoms in total. The van der Waals surface area contributed by atoms with Crippen LogP contribution in [0.2, 0.25) is 0 Å². The molecule has 0 spiro atoms. The van der Waals surface area contributed by atoms with E-state index in [1.165, 1.54) is 49.7 Å². The molecule has 1 heterocycles. The number of anilines is 1. The van der Waals surface area contributed by atoms with Crippen molar-refractivity contribution in [3.05, 3.63) is 30.2 Å². The van der Waals surface area contributed by atoms with Gasteiger partial charge in [-0.2, -0.15) is 0 Å². The van der Waals surface area contributed by atoms with Crippen LogP contribution in [0.4, 0.5) is 5.69 Å². The van der Waals surface area contributed by atoms with Crippen LogP contribution in [0.3, 0.4) is 0 Å². The molecule has 1 aliphatic rings. The zero-order chi connectivity index (χ0) is 13.1. The molecule has 1 N–H and O–H groups in total. The summed E-state index contributed by atoms with van der Waals surface area (Å²) in [4.78, 5) is 0. The van der Waals surface area contributed by atoms with Gasteiger partial charge in [-0.15, -0.1) is 10.2 Å². The minimum absolute atomic E-state index is 0.576.